The van der Waals surface area contributed by atoms with E-state index in [4.69, 9.17) is 9.16 Å². The first kappa shape index (κ1) is 19.1. The quantitative estimate of drug-likeness (QED) is 0.536. The summed E-state index contributed by atoms with van der Waals surface area (Å²) in [5.74, 6) is 0.890. The van der Waals surface area contributed by atoms with E-state index < -0.39 is 8.32 Å². The highest BCUT2D eigenvalue weighted by molar-refractivity contribution is 6.74. The largest absolute Gasteiger partial charge is 0.497 e. The van der Waals surface area contributed by atoms with E-state index in [1.165, 1.54) is 18.4 Å². The maximum absolute atomic E-state index is 6.45. The van der Waals surface area contributed by atoms with Gasteiger partial charge in [0.25, 0.3) is 0 Å². The van der Waals surface area contributed by atoms with Crippen LogP contribution in [0.4, 0.5) is 5.69 Å². The van der Waals surface area contributed by atoms with Crippen LogP contribution in [0.2, 0.25) is 18.1 Å². The molecule has 0 aromatic heterocycles. The summed E-state index contributed by atoms with van der Waals surface area (Å²) in [6, 6.07) is 8.54. The molecule has 134 valence electrons. The van der Waals surface area contributed by atoms with Gasteiger partial charge in [-0.15, -0.1) is 0 Å². The third-order valence-corrected chi connectivity index (χ3v) is 9.87. The highest BCUT2D eigenvalue weighted by Gasteiger charge is 2.37. The van der Waals surface area contributed by atoms with Gasteiger partial charge in [-0.25, -0.2) is 0 Å². The van der Waals surface area contributed by atoms with Gasteiger partial charge in [-0.1, -0.05) is 26.8 Å². The average Bonchev–Trinajstić information content (AvgIpc) is 2.54. The first-order valence-corrected chi connectivity index (χ1v) is 11.9. The molecular weight excluding hydrogens is 314 g/mol. The lowest BCUT2D eigenvalue weighted by Crippen LogP contribution is -2.42. The number of rotatable bonds is 6. The third kappa shape index (κ3) is 4.87. The first-order chi connectivity index (χ1) is 11.2. The van der Waals surface area contributed by atoms with E-state index in [2.05, 4.69) is 57.4 Å². The van der Waals surface area contributed by atoms with Gasteiger partial charge in [0, 0.05) is 11.7 Å². The molecule has 24 heavy (non-hydrogen) atoms. The average molecular weight is 348 g/mol. The molecule has 1 aliphatic rings. The Hall–Kier alpha value is -1.26. The van der Waals surface area contributed by atoms with Gasteiger partial charge in [-0.05, 0) is 67.2 Å². The Bertz CT molecular complexity index is 558. The zero-order valence-corrected chi connectivity index (χ0v) is 17.1. The molecule has 0 unspecified atom stereocenters. The second-order valence-electron chi connectivity index (χ2n) is 8.18. The van der Waals surface area contributed by atoms with Crippen LogP contribution in [0.3, 0.4) is 0 Å². The lowest BCUT2D eigenvalue weighted by atomic mass is 9.94. The lowest BCUT2D eigenvalue weighted by Gasteiger charge is -2.37. The summed E-state index contributed by atoms with van der Waals surface area (Å²) in [6.07, 6.45) is 5.94. The van der Waals surface area contributed by atoms with Crippen molar-refractivity contribution in [2.24, 2.45) is 0 Å². The maximum atomic E-state index is 6.45. The molecule has 0 radical (unpaired) electrons. The summed E-state index contributed by atoms with van der Waals surface area (Å²) >= 11 is 0. The Balaban J connectivity index is 2.01. The van der Waals surface area contributed by atoms with E-state index in [1.54, 1.807) is 7.11 Å². The summed E-state index contributed by atoms with van der Waals surface area (Å²) < 4.78 is 11.7. The Morgan fingerprint density at radius 3 is 2.42 bits per heavy atom. The molecule has 0 aliphatic heterocycles. The Morgan fingerprint density at radius 2 is 1.83 bits per heavy atom. The van der Waals surface area contributed by atoms with Crippen molar-refractivity contribution >= 4 is 14.0 Å². The van der Waals surface area contributed by atoms with Crippen LogP contribution in [0.5, 0.6) is 5.75 Å². The van der Waals surface area contributed by atoms with Gasteiger partial charge >= 0.3 is 0 Å². The van der Waals surface area contributed by atoms with E-state index in [9.17, 15) is 0 Å². The molecular formula is C20H33NO2Si. The van der Waals surface area contributed by atoms with Crippen molar-refractivity contribution in [3.63, 3.8) is 0 Å². The first-order valence-electron chi connectivity index (χ1n) is 8.96. The second-order valence-corrected chi connectivity index (χ2v) is 13.0. The fourth-order valence-electron chi connectivity index (χ4n) is 2.63. The monoisotopic (exact) mass is 347 g/mol. The number of benzene rings is 1. The van der Waals surface area contributed by atoms with Crippen LogP contribution in [0, 0.1) is 0 Å². The van der Waals surface area contributed by atoms with Crippen LogP contribution in [0.15, 0.2) is 35.9 Å². The molecule has 0 saturated heterocycles. The smallest absolute Gasteiger partial charge is 0.192 e. The topological polar surface area (TPSA) is 30.5 Å². The minimum absolute atomic E-state index is 0.251. The number of methoxy groups -OCH3 is 1. The van der Waals surface area contributed by atoms with E-state index in [0.29, 0.717) is 6.04 Å². The van der Waals surface area contributed by atoms with Gasteiger partial charge in [0.2, 0.25) is 0 Å². The molecule has 1 aliphatic carbocycles. The second kappa shape index (κ2) is 7.75. The molecule has 1 aromatic rings. The van der Waals surface area contributed by atoms with E-state index in [0.717, 1.165) is 24.5 Å². The van der Waals surface area contributed by atoms with Crippen molar-refractivity contribution in [2.45, 2.75) is 64.2 Å². The fourth-order valence-corrected chi connectivity index (χ4v) is 3.59. The summed E-state index contributed by atoms with van der Waals surface area (Å²) in [5.41, 5.74) is 2.54. The number of allylic oxidation sites excluding steroid dienone is 1. The predicted molar refractivity (Wildman–Crippen MR) is 105 cm³/mol. The highest BCUT2D eigenvalue weighted by atomic mass is 28.4. The van der Waals surface area contributed by atoms with E-state index in [-0.39, 0.29) is 5.04 Å². The summed E-state index contributed by atoms with van der Waals surface area (Å²) in [4.78, 5) is 0. The highest BCUT2D eigenvalue weighted by Crippen LogP contribution is 2.37. The molecule has 0 amide bonds. The van der Waals surface area contributed by atoms with E-state index in [1.807, 2.05) is 12.1 Å². The standard InChI is InChI=1S/C20H33NO2Si/c1-20(2,3)24(5,6)23-15-16-9-7-8-10-19(16)21-17-11-13-18(22-4)14-12-17/h9,11-14,19,21H,7-8,10,15H2,1-6H3/t19-/m0/s1. The van der Waals surface area contributed by atoms with Crippen molar-refractivity contribution in [3.8, 4) is 5.75 Å². The zero-order chi connectivity index (χ0) is 17.8. The van der Waals surface area contributed by atoms with Crippen LogP contribution in [0.25, 0.3) is 0 Å². The normalized spacial score (nSPS) is 18.9. The number of ether oxygens (including phenoxy) is 1. The van der Waals surface area contributed by atoms with Crippen LogP contribution >= 0.6 is 0 Å². The summed E-state index contributed by atoms with van der Waals surface area (Å²) in [7, 11) is -0.0110. The van der Waals surface area contributed by atoms with Gasteiger partial charge in [0.05, 0.1) is 13.7 Å². The minimum atomic E-state index is -1.71. The summed E-state index contributed by atoms with van der Waals surface area (Å²) in [5, 5.41) is 3.92. The Labute approximate surface area is 148 Å². The van der Waals surface area contributed by atoms with Crippen molar-refractivity contribution in [2.75, 3.05) is 19.0 Å². The third-order valence-electron chi connectivity index (χ3n) is 5.39. The van der Waals surface area contributed by atoms with Crippen LogP contribution in [-0.4, -0.2) is 28.1 Å². The fraction of sp³-hybridized carbons (Fsp3) is 0.600. The molecule has 3 nitrogen and oxygen atoms in total. The molecule has 4 heteroatoms. The molecule has 2 rings (SSSR count). The van der Waals surface area contributed by atoms with Crippen molar-refractivity contribution < 1.29 is 9.16 Å². The Kier molecular flexibility index (Phi) is 6.15. The Morgan fingerprint density at radius 1 is 1.17 bits per heavy atom. The van der Waals surface area contributed by atoms with Gasteiger partial charge in [0.1, 0.15) is 5.75 Å². The minimum Gasteiger partial charge on any atom is -0.497 e. The number of hydrogen-bond donors (Lipinski definition) is 1. The van der Waals surface area contributed by atoms with Gasteiger partial charge in [-0.2, -0.15) is 0 Å². The van der Waals surface area contributed by atoms with Crippen LogP contribution in [-0.2, 0) is 4.43 Å². The van der Waals surface area contributed by atoms with Crippen molar-refractivity contribution in [1.29, 1.82) is 0 Å². The molecule has 0 spiro atoms. The molecule has 0 fully saturated rings. The van der Waals surface area contributed by atoms with Gasteiger partial charge in [0.15, 0.2) is 8.32 Å². The molecule has 1 aromatic carbocycles. The van der Waals surface area contributed by atoms with Gasteiger partial charge < -0.3 is 14.5 Å². The van der Waals surface area contributed by atoms with Crippen LogP contribution in [0.1, 0.15) is 40.0 Å². The molecule has 0 saturated carbocycles. The number of anilines is 1. The summed E-state index contributed by atoms with van der Waals surface area (Å²) in [6.45, 7) is 12.3. The van der Waals surface area contributed by atoms with Crippen molar-refractivity contribution in [3.05, 3.63) is 35.9 Å². The molecule has 0 bridgehead atoms. The number of nitrogens with one attached hydrogen (secondary N) is 1. The number of hydrogen-bond acceptors (Lipinski definition) is 3. The SMILES string of the molecule is COc1ccc(N[C@H]2CCCC=C2CO[Si](C)(C)C(C)(C)C)cc1. The molecule has 1 N–H and O–H groups in total. The molecule has 1 atom stereocenters. The van der Waals surface area contributed by atoms with E-state index >= 15 is 0 Å². The zero-order valence-electron chi connectivity index (χ0n) is 16.1. The van der Waals surface area contributed by atoms with Gasteiger partial charge in [-0.3, -0.25) is 0 Å². The lowest BCUT2D eigenvalue weighted by molar-refractivity contribution is 0.309. The predicted octanol–water partition coefficient (Wildman–Crippen LogP) is 5.61. The van der Waals surface area contributed by atoms with Crippen LogP contribution < -0.4 is 10.1 Å². The van der Waals surface area contributed by atoms with Crippen molar-refractivity contribution in [1.82, 2.24) is 0 Å². The maximum Gasteiger partial charge on any atom is 0.192 e. The molecule has 0 heterocycles.